The van der Waals surface area contributed by atoms with Crippen LogP contribution in [0.3, 0.4) is 0 Å². The van der Waals surface area contributed by atoms with Crippen LogP contribution in [0.1, 0.15) is 34.1 Å². The topological polar surface area (TPSA) is 31.6 Å². The van der Waals surface area contributed by atoms with Gasteiger partial charge < -0.3 is 13.7 Å². The van der Waals surface area contributed by atoms with Crippen molar-refractivity contribution in [3.8, 4) is 11.1 Å². The number of fused-ring (bicyclic) bond motifs is 11. The highest BCUT2D eigenvalue weighted by molar-refractivity contribution is 7.26. The van der Waals surface area contributed by atoms with Gasteiger partial charge in [-0.2, -0.15) is 0 Å². The monoisotopic (exact) mass is 592 g/mol. The van der Waals surface area contributed by atoms with Crippen molar-refractivity contribution < 1.29 is 13.7 Å². The van der Waals surface area contributed by atoms with Gasteiger partial charge in [0.1, 0.15) is 11.2 Å². The zero-order valence-corrected chi connectivity index (χ0v) is 26.3. The molecule has 0 radical (unpaired) electrons. The molecule has 2 aromatic heterocycles. The van der Waals surface area contributed by atoms with E-state index in [1.54, 1.807) is 0 Å². The molecule has 5 heteroatoms. The van der Waals surface area contributed by atoms with Gasteiger partial charge in [-0.3, -0.25) is 0 Å². The summed E-state index contributed by atoms with van der Waals surface area (Å²) in [7, 11) is -0.384. The second-order valence-electron chi connectivity index (χ2n) is 12.2. The van der Waals surface area contributed by atoms with Crippen molar-refractivity contribution in [2.24, 2.45) is 0 Å². The van der Waals surface area contributed by atoms with E-state index in [1.165, 1.54) is 47.3 Å². The average molecular weight is 593 g/mol. The molecule has 0 saturated carbocycles. The predicted molar refractivity (Wildman–Crippen MR) is 190 cm³/mol. The third-order valence-electron chi connectivity index (χ3n) is 9.05. The lowest BCUT2D eigenvalue weighted by molar-refractivity contribution is 0.0706. The smallest absolute Gasteiger partial charge is 0.455 e. The molecule has 0 bridgehead atoms. The van der Waals surface area contributed by atoms with E-state index in [0.717, 1.165) is 39.4 Å². The predicted octanol–water partition coefficient (Wildman–Crippen LogP) is 10.9. The zero-order valence-electron chi connectivity index (χ0n) is 25.4. The van der Waals surface area contributed by atoms with Crippen LogP contribution >= 0.6 is 11.3 Å². The van der Waals surface area contributed by atoms with Crippen molar-refractivity contribution in [3.63, 3.8) is 0 Å². The molecule has 0 aliphatic heterocycles. The van der Waals surface area contributed by atoms with Crippen LogP contribution in [0.4, 0.5) is 0 Å². The SMILES string of the molecule is CCOB(OC(C)(C)CC)c1ccc2c(c1)sc1cc(-c3ccc4c(c3)oc3c5ccccc5c5ccccc5c43)ccc12. The van der Waals surface area contributed by atoms with Crippen molar-refractivity contribution in [1.82, 2.24) is 0 Å². The third-order valence-corrected chi connectivity index (χ3v) is 10.2. The van der Waals surface area contributed by atoms with Gasteiger partial charge in [-0.05, 0) is 84.2 Å². The van der Waals surface area contributed by atoms with E-state index in [0.29, 0.717) is 6.61 Å². The van der Waals surface area contributed by atoms with Crippen molar-refractivity contribution >= 4 is 87.6 Å². The highest BCUT2D eigenvalue weighted by atomic mass is 32.1. The molecule has 44 heavy (non-hydrogen) atoms. The van der Waals surface area contributed by atoms with Crippen LogP contribution in [-0.4, -0.2) is 19.3 Å². The minimum atomic E-state index is -0.384. The summed E-state index contributed by atoms with van der Waals surface area (Å²) in [5.74, 6) is 0. The largest absolute Gasteiger partial charge is 0.494 e. The van der Waals surface area contributed by atoms with E-state index in [-0.39, 0.29) is 12.7 Å². The fraction of sp³-hybridized carbons (Fsp3) is 0.179. The molecule has 0 amide bonds. The first-order chi connectivity index (χ1) is 21.4. The zero-order chi connectivity index (χ0) is 30.0. The van der Waals surface area contributed by atoms with Crippen LogP contribution in [0.2, 0.25) is 0 Å². The standard InChI is InChI=1S/C39H33BO3S/c1-5-39(3,4)43-40(41-6-2)26-17-20-30-29-18-15-25(22-35(29)44-36(30)23-26)24-16-19-33-34(21-24)42-38-32-14-10-8-12-28(32)27-11-7-9-13-31(27)37(33)38/h7-23H,5-6H2,1-4H3. The molecule has 216 valence electrons. The number of hydrogen-bond acceptors (Lipinski definition) is 4. The van der Waals surface area contributed by atoms with Crippen molar-refractivity contribution in [1.29, 1.82) is 0 Å². The number of hydrogen-bond donors (Lipinski definition) is 0. The molecule has 6 aromatic carbocycles. The van der Waals surface area contributed by atoms with E-state index in [9.17, 15) is 0 Å². The van der Waals surface area contributed by atoms with Gasteiger partial charge in [0.25, 0.3) is 0 Å². The van der Waals surface area contributed by atoms with E-state index < -0.39 is 0 Å². The Labute approximate surface area is 261 Å². The van der Waals surface area contributed by atoms with Crippen LogP contribution in [-0.2, 0) is 9.31 Å². The molecule has 0 unspecified atom stereocenters. The Morgan fingerprint density at radius 3 is 2.00 bits per heavy atom. The lowest BCUT2D eigenvalue weighted by Crippen LogP contribution is -2.43. The van der Waals surface area contributed by atoms with Gasteiger partial charge in [0.2, 0.25) is 0 Å². The average Bonchev–Trinajstić information content (AvgIpc) is 3.62. The summed E-state index contributed by atoms with van der Waals surface area (Å²) >= 11 is 1.82. The van der Waals surface area contributed by atoms with Crippen molar-refractivity contribution in [2.45, 2.75) is 39.7 Å². The summed E-state index contributed by atoms with van der Waals surface area (Å²) in [6, 6.07) is 37.3. The van der Waals surface area contributed by atoms with E-state index >= 15 is 0 Å². The summed E-state index contributed by atoms with van der Waals surface area (Å²) in [6.45, 7) is 8.99. The number of thiophene rings is 1. The lowest BCUT2D eigenvalue weighted by atomic mass is 9.77. The summed E-state index contributed by atoms with van der Waals surface area (Å²) in [5.41, 5.74) is 5.00. The molecular weight excluding hydrogens is 559 g/mol. The van der Waals surface area contributed by atoms with Crippen molar-refractivity contribution in [2.75, 3.05) is 6.61 Å². The minimum Gasteiger partial charge on any atom is -0.455 e. The number of furan rings is 1. The maximum atomic E-state index is 6.65. The van der Waals surface area contributed by atoms with Gasteiger partial charge in [0.15, 0.2) is 0 Å². The third kappa shape index (κ3) is 4.42. The van der Waals surface area contributed by atoms with Gasteiger partial charge in [-0.1, -0.05) is 85.8 Å². The summed E-state index contributed by atoms with van der Waals surface area (Å²) in [5, 5.41) is 9.74. The first kappa shape index (κ1) is 27.4. The summed E-state index contributed by atoms with van der Waals surface area (Å²) < 4.78 is 21.6. The Hall–Kier alpha value is -4.16. The molecule has 3 nitrogen and oxygen atoms in total. The molecule has 0 aliphatic carbocycles. The summed E-state index contributed by atoms with van der Waals surface area (Å²) in [6.07, 6.45) is 0.914. The maximum Gasteiger partial charge on any atom is 0.494 e. The normalized spacial score (nSPS) is 12.5. The molecule has 0 atom stereocenters. The van der Waals surface area contributed by atoms with Crippen LogP contribution < -0.4 is 5.46 Å². The second kappa shape index (κ2) is 10.5. The Morgan fingerprint density at radius 2 is 1.27 bits per heavy atom. The Balaban J connectivity index is 1.22. The first-order valence-corrected chi connectivity index (χ1v) is 16.3. The molecule has 8 rings (SSSR count). The number of rotatable bonds is 7. The van der Waals surface area contributed by atoms with Gasteiger partial charge in [-0.25, -0.2) is 0 Å². The fourth-order valence-electron chi connectivity index (χ4n) is 6.43. The first-order valence-electron chi connectivity index (χ1n) is 15.5. The maximum absolute atomic E-state index is 6.65. The molecule has 0 spiro atoms. The molecule has 0 saturated heterocycles. The molecule has 0 fully saturated rings. The van der Waals surface area contributed by atoms with Crippen LogP contribution in [0.25, 0.3) is 74.8 Å². The van der Waals surface area contributed by atoms with Gasteiger partial charge in [-0.15, -0.1) is 11.3 Å². The van der Waals surface area contributed by atoms with Crippen molar-refractivity contribution in [3.05, 3.63) is 103 Å². The molecular formula is C39H33BO3S. The van der Waals surface area contributed by atoms with Crippen LogP contribution in [0.15, 0.2) is 108 Å². The molecule has 8 aromatic rings. The van der Waals surface area contributed by atoms with Gasteiger partial charge in [0, 0.05) is 48.5 Å². The summed E-state index contributed by atoms with van der Waals surface area (Å²) in [4.78, 5) is 0. The van der Waals surface area contributed by atoms with Gasteiger partial charge in [0.05, 0.1) is 0 Å². The quantitative estimate of drug-likeness (QED) is 0.136. The van der Waals surface area contributed by atoms with Crippen LogP contribution in [0, 0.1) is 0 Å². The van der Waals surface area contributed by atoms with E-state index in [4.69, 9.17) is 13.7 Å². The molecule has 0 aliphatic rings. The molecule has 0 N–H and O–H groups in total. The van der Waals surface area contributed by atoms with Crippen LogP contribution in [0.5, 0.6) is 0 Å². The fourth-order valence-corrected chi connectivity index (χ4v) is 7.62. The highest BCUT2D eigenvalue weighted by Crippen LogP contribution is 2.42. The highest BCUT2D eigenvalue weighted by Gasteiger charge is 2.29. The minimum absolute atomic E-state index is 0.259. The Bertz CT molecular complexity index is 2360. The molecule has 2 heterocycles. The lowest BCUT2D eigenvalue weighted by Gasteiger charge is -2.28. The number of benzene rings is 6. The second-order valence-corrected chi connectivity index (χ2v) is 13.3. The van der Waals surface area contributed by atoms with E-state index in [2.05, 4.69) is 124 Å². The van der Waals surface area contributed by atoms with Gasteiger partial charge >= 0.3 is 7.12 Å². The van der Waals surface area contributed by atoms with E-state index in [1.807, 2.05) is 18.3 Å². The Kier molecular flexibility index (Phi) is 6.53. The Morgan fingerprint density at radius 1 is 0.659 bits per heavy atom.